The van der Waals surface area contributed by atoms with Crippen LogP contribution in [0.15, 0.2) is 97.0 Å². The third kappa shape index (κ3) is 4.92. The molecule has 0 saturated heterocycles. The molecule has 6 heteroatoms. The lowest BCUT2D eigenvalue weighted by atomic mass is 10.1. The van der Waals surface area contributed by atoms with Gasteiger partial charge in [0.15, 0.2) is 0 Å². The third-order valence-electron chi connectivity index (χ3n) is 4.61. The molecule has 6 nitrogen and oxygen atoms in total. The average Bonchev–Trinajstić information content (AvgIpc) is 3.21. The summed E-state index contributed by atoms with van der Waals surface area (Å²) < 4.78 is 1.80. The minimum Gasteiger partial charge on any atom is -0.321 e. The van der Waals surface area contributed by atoms with Gasteiger partial charge in [-0.2, -0.15) is 10.4 Å². The van der Waals surface area contributed by atoms with Crippen molar-refractivity contribution in [2.24, 2.45) is 0 Å². The van der Waals surface area contributed by atoms with E-state index in [-0.39, 0.29) is 5.57 Å². The van der Waals surface area contributed by atoms with E-state index in [0.717, 1.165) is 11.1 Å². The number of pyridine rings is 1. The molecule has 0 fully saturated rings. The summed E-state index contributed by atoms with van der Waals surface area (Å²) in [5.41, 5.74) is 3.85. The second-order valence-corrected chi connectivity index (χ2v) is 6.85. The number of para-hydroxylation sites is 1. The van der Waals surface area contributed by atoms with Crippen LogP contribution in [0.4, 0.5) is 5.69 Å². The van der Waals surface area contributed by atoms with Crippen molar-refractivity contribution >= 4 is 17.7 Å². The number of hydrogen-bond acceptors (Lipinski definition) is 4. The molecule has 31 heavy (non-hydrogen) atoms. The Morgan fingerprint density at radius 3 is 2.45 bits per heavy atom. The lowest BCUT2D eigenvalue weighted by Crippen LogP contribution is -2.13. The molecule has 0 aliphatic rings. The van der Waals surface area contributed by atoms with E-state index in [4.69, 9.17) is 5.10 Å². The highest BCUT2D eigenvalue weighted by Gasteiger charge is 2.15. The fourth-order valence-electron chi connectivity index (χ4n) is 3.15. The zero-order valence-electron chi connectivity index (χ0n) is 16.6. The minimum absolute atomic E-state index is 0.00625. The summed E-state index contributed by atoms with van der Waals surface area (Å²) in [6, 6.07) is 24.7. The van der Waals surface area contributed by atoms with Gasteiger partial charge in [0.25, 0.3) is 5.91 Å². The molecule has 4 rings (SSSR count). The molecule has 0 aliphatic carbocycles. The normalized spacial score (nSPS) is 11.0. The van der Waals surface area contributed by atoms with Gasteiger partial charge in [-0.3, -0.25) is 14.5 Å². The van der Waals surface area contributed by atoms with Gasteiger partial charge in [-0.25, -0.2) is 0 Å². The molecule has 0 saturated carbocycles. The molecular weight excluding hydrogens is 386 g/mol. The van der Waals surface area contributed by atoms with Crippen LogP contribution in [0.2, 0.25) is 0 Å². The van der Waals surface area contributed by atoms with Crippen LogP contribution in [0.1, 0.15) is 11.1 Å². The van der Waals surface area contributed by atoms with Gasteiger partial charge in [0.05, 0.1) is 6.54 Å². The maximum Gasteiger partial charge on any atom is 0.266 e. The summed E-state index contributed by atoms with van der Waals surface area (Å²) >= 11 is 0. The first-order chi connectivity index (χ1) is 15.2. The Bertz CT molecular complexity index is 1240. The van der Waals surface area contributed by atoms with E-state index in [0.29, 0.717) is 23.5 Å². The van der Waals surface area contributed by atoms with Crippen LogP contribution in [0.25, 0.3) is 17.3 Å². The summed E-state index contributed by atoms with van der Waals surface area (Å²) in [6.45, 7) is 0.569. The number of rotatable bonds is 6. The SMILES string of the molecule is N#C/C(=C\c1cn(Cc2ccccc2)nc1-c1cccnc1)C(=O)Nc1ccccc1. The Balaban J connectivity index is 1.69. The van der Waals surface area contributed by atoms with E-state index >= 15 is 0 Å². The first kappa shape index (κ1) is 19.8. The van der Waals surface area contributed by atoms with E-state index < -0.39 is 5.91 Å². The number of anilines is 1. The van der Waals surface area contributed by atoms with E-state index in [1.54, 1.807) is 35.3 Å². The number of aromatic nitrogens is 3. The van der Waals surface area contributed by atoms with E-state index in [9.17, 15) is 10.1 Å². The molecule has 1 amide bonds. The predicted octanol–water partition coefficient (Wildman–Crippen LogP) is 4.54. The lowest BCUT2D eigenvalue weighted by molar-refractivity contribution is -0.112. The molecule has 0 aliphatic heterocycles. The molecule has 2 aromatic carbocycles. The fourth-order valence-corrected chi connectivity index (χ4v) is 3.15. The smallest absolute Gasteiger partial charge is 0.266 e. The van der Waals surface area contributed by atoms with Crippen LogP contribution < -0.4 is 5.32 Å². The Labute approximate surface area is 180 Å². The van der Waals surface area contributed by atoms with E-state index in [2.05, 4.69) is 10.3 Å². The van der Waals surface area contributed by atoms with E-state index in [1.165, 1.54) is 0 Å². The number of nitrogens with zero attached hydrogens (tertiary/aromatic N) is 4. The highest BCUT2D eigenvalue weighted by Crippen LogP contribution is 2.24. The standard InChI is InChI=1S/C25H19N5O/c26-15-21(25(31)28-23-11-5-2-6-12-23)14-22-18-30(17-19-8-3-1-4-9-19)29-24(22)20-10-7-13-27-16-20/h1-14,16,18H,17H2,(H,28,31)/b21-14+. The van der Waals surface area contributed by atoms with Crippen LogP contribution >= 0.6 is 0 Å². The lowest BCUT2D eigenvalue weighted by Gasteiger charge is -2.04. The first-order valence-corrected chi connectivity index (χ1v) is 9.73. The molecule has 1 N–H and O–H groups in total. The van der Waals surface area contributed by atoms with Crippen molar-refractivity contribution in [2.45, 2.75) is 6.54 Å². The topological polar surface area (TPSA) is 83.6 Å². The number of benzene rings is 2. The largest absolute Gasteiger partial charge is 0.321 e. The number of carbonyl (C=O) groups excluding carboxylic acids is 1. The van der Waals surface area contributed by atoms with Crippen molar-refractivity contribution in [3.05, 3.63) is 108 Å². The predicted molar refractivity (Wildman–Crippen MR) is 120 cm³/mol. The molecule has 0 atom stereocenters. The van der Waals surface area contributed by atoms with Gasteiger partial charge in [0, 0.05) is 35.4 Å². The maximum atomic E-state index is 12.7. The molecule has 0 bridgehead atoms. The number of nitrogens with one attached hydrogen (secondary N) is 1. The van der Waals surface area contributed by atoms with Crippen LogP contribution in [0, 0.1) is 11.3 Å². The van der Waals surface area contributed by atoms with Crippen molar-refractivity contribution in [1.29, 1.82) is 5.26 Å². The maximum absolute atomic E-state index is 12.7. The minimum atomic E-state index is -0.471. The van der Waals surface area contributed by atoms with Crippen molar-refractivity contribution in [1.82, 2.24) is 14.8 Å². The molecule has 0 unspecified atom stereocenters. The molecule has 0 radical (unpaired) electrons. The van der Waals surface area contributed by atoms with Crippen LogP contribution in [0.5, 0.6) is 0 Å². The molecular formula is C25H19N5O. The third-order valence-corrected chi connectivity index (χ3v) is 4.61. The number of amides is 1. The average molecular weight is 405 g/mol. The summed E-state index contributed by atoms with van der Waals surface area (Å²) in [5, 5.41) is 17.1. The second-order valence-electron chi connectivity index (χ2n) is 6.85. The van der Waals surface area contributed by atoms with Gasteiger partial charge >= 0.3 is 0 Å². The number of hydrogen-bond donors (Lipinski definition) is 1. The van der Waals surface area contributed by atoms with Gasteiger partial charge in [-0.15, -0.1) is 0 Å². The molecule has 0 spiro atoms. The van der Waals surface area contributed by atoms with Gasteiger partial charge in [-0.05, 0) is 35.9 Å². The molecule has 4 aromatic rings. The summed E-state index contributed by atoms with van der Waals surface area (Å²) in [4.78, 5) is 16.8. The van der Waals surface area contributed by atoms with Crippen molar-refractivity contribution in [2.75, 3.05) is 5.32 Å². The summed E-state index contributed by atoms with van der Waals surface area (Å²) in [5.74, 6) is -0.471. The van der Waals surface area contributed by atoms with Gasteiger partial charge < -0.3 is 5.32 Å². The Hall–Kier alpha value is -4.50. The van der Waals surface area contributed by atoms with Gasteiger partial charge in [-0.1, -0.05) is 48.5 Å². The van der Waals surface area contributed by atoms with Crippen LogP contribution in [-0.2, 0) is 11.3 Å². The number of nitriles is 1. The zero-order chi connectivity index (χ0) is 21.5. The van der Waals surface area contributed by atoms with Gasteiger partial charge in [0.2, 0.25) is 0 Å². The fraction of sp³-hybridized carbons (Fsp3) is 0.0400. The first-order valence-electron chi connectivity index (χ1n) is 9.73. The second kappa shape index (κ2) is 9.33. The Morgan fingerprint density at radius 1 is 1.03 bits per heavy atom. The Kier molecular flexibility index (Phi) is 5.96. The van der Waals surface area contributed by atoms with Crippen LogP contribution in [0.3, 0.4) is 0 Å². The zero-order valence-corrected chi connectivity index (χ0v) is 16.6. The summed E-state index contributed by atoms with van der Waals surface area (Å²) in [6.07, 6.45) is 6.80. The molecule has 2 heterocycles. The van der Waals surface area contributed by atoms with Gasteiger partial charge in [0.1, 0.15) is 17.3 Å². The van der Waals surface area contributed by atoms with Crippen molar-refractivity contribution in [3.63, 3.8) is 0 Å². The van der Waals surface area contributed by atoms with Crippen molar-refractivity contribution in [3.8, 4) is 17.3 Å². The molecule has 2 aromatic heterocycles. The van der Waals surface area contributed by atoms with Crippen LogP contribution in [-0.4, -0.2) is 20.7 Å². The van der Waals surface area contributed by atoms with Crippen molar-refractivity contribution < 1.29 is 4.79 Å². The monoisotopic (exact) mass is 405 g/mol. The highest BCUT2D eigenvalue weighted by molar-refractivity contribution is 6.10. The van der Waals surface area contributed by atoms with E-state index in [1.807, 2.05) is 72.9 Å². The Morgan fingerprint density at radius 2 is 1.77 bits per heavy atom. The number of carbonyl (C=O) groups is 1. The molecule has 150 valence electrons. The summed E-state index contributed by atoms with van der Waals surface area (Å²) in [7, 11) is 0. The quantitative estimate of drug-likeness (QED) is 0.377. The highest BCUT2D eigenvalue weighted by atomic mass is 16.1.